The molecule has 100 valence electrons. The summed E-state index contributed by atoms with van der Waals surface area (Å²) in [5.41, 5.74) is 8.18. The summed E-state index contributed by atoms with van der Waals surface area (Å²) < 4.78 is 0. The maximum Gasteiger partial charge on any atom is 0.0455 e. The predicted molar refractivity (Wildman–Crippen MR) is 78.5 cm³/mol. The van der Waals surface area contributed by atoms with Gasteiger partial charge in [-0.3, -0.25) is 4.90 Å². The van der Waals surface area contributed by atoms with E-state index >= 15 is 0 Å². The van der Waals surface area contributed by atoms with Crippen LogP contribution < -0.4 is 10.6 Å². The Morgan fingerprint density at radius 2 is 2.11 bits per heavy atom. The van der Waals surface area contributed by atoms with Gasteiger partial charge in [-0.1, -0.05) is 17.7 Å². The number of benzene rings is 1. The average Bonchev–Trinajstić information content (AvgIpc) is 2.36. The van der Waals surface area contributed by atoms with E-state index in [1.54, 1.807) is 0 Å². The molecule has 1 aliphatic rings. The molecule has 2 unspecified atom stereocenters. The lowest BCUT2D eigenvalue weighted by Crippen LogP contribution is -2.58. The number of aryl methyl sites for hydroxylation is 1. The van der Waals surface area contributed by atoms with Gasteiger partial charge in [-0.15, -0.1) is 0 Å². The Hall–Kier alpha value is -0.770. The molecule has 0 amide bonds. The van der Waals surface area contributed by atoms with Gasteiger partial charge in [-0.05, 0) is 38.6 Å². The highest BCUT2D eigenvalue weighted by Crippen LogP contribution is 2.26. The molecule has 0 aliphatic carbocycles. The lowest BCUT2D eigenvalue weighted by atomic mass is 10.1. The molecule has 4 heteroatoms. The summed E-state index contributed by atoms with van der Waals surface area (Å²) in [6.07, 6.45) is 0. The van der Waals surface area contributed by atoms with Gasteiger partial charge in [0.15, 0.2) is 0 Å². The Morgan fingerprint density at radius 1 is 1.39 bits per heavy atom. The molecule has 1 fully saturated rings. The van der Waals surface area contributed by atoms with Crippen molar-refractivity contribution in [3.8, 4) is 0 Å². The smallest absolute Gasteiger partial charge is 0.0455 e. The van der Waals surface area contributed by atoms with E-state index in [2.05, 4.69) is 42.0 Å². The first-order valence-electron chi connectivity index (χ1n) is 6.46. The summed E-state index contributed by atoms with van der Waals surface area (Å²) in [7, 11) is 2.15. The molecule has 1 heterocycles. The van der Waals surface area contributed by atoms with Crippen molar-refractivity contribution < 1.29 is 0 Å². The zero-order valence-corrected chi connectivity index (χ0v) is 12.1. The number of nitrogens with two attached hydrogens (primary N) is 1. The third kappa shape index (κ3) is 2.63. The van der Waals surface area contributed by atoms with Gasteiger partial charge in [0.2, 0.25) is 0 Å². The molecule has 2 N–H and O–H groups in total. The van der Waals surface area contributed by atoms with Gasteiger partial charge < -0.3 is 10.6 Å². The van der Waals surface area contributed by atoms with E-state index < -0.39 is 0 Å². The summed E-state index contributed by atoms with van der Waals surface area (Å²) >= 11 is 6.21. The first kappa shape index (κ1) is 13.7. The van der Waals surface area contributed by atoms with Crippen LogP contribution in [0.5, 0.6) is 0 Å². The molecule has 1 aromatic carbocycles. The Labute approximate surface area is 115 Å². The highest BCUT2D eigenvalue weighted by Gasteiger charge is 2.28. The quantitative estimate of drug-likeness (QED) is 0.891. The molecule has 18 heavy (non-hydrogen) atoms. The molecule has 1 aliphatic heterocycles. The number of nitrogens with zero attached hydrogens (tertiary/aromatic N) is 2. The van der Waals surface area contributed by atoms with Gasteiger partial charge in [-0.25, -0.2) is 0 Å². The van der Waals surface area contributed by atoms with Crippen molar-refractivity contribution in [1.82, 2.24) is 4.90 Å². The van der Waals surface area contributed by atoms with Crippen LogP contribution >= 0.6 is 11.6 Å². The van der Waals surface area contributed by atoms with E-state index in [0.29, 0.717) is 18.6 Å². The third-order valence-electron chi connectivity index (χ3n) is 3.98. The highest BCUT2D eigenvalue weighted by molar-refractivity contribution is 6.31. The number of hydrogen-bond acceptors (Lipinski definition) is 3. The van der Waals surface area contributed by atoms with Crippen LogP contribution in [-0.4, -0.2) is 43.7 Å². The van der Waals surface area contributed by atoms with Crippen molar-refractivity contribution in [1.29, 1.82) is 0 Å². The molecule has 1 saturated heterocycles. The molecule has 0 saturated carbocycles. The second-order valence-electron chi connectivity index (χ2n) is 5.24. The van der Waals surface area contributed by atoms with Crippen LogP contribution in [-0.2, 0) is 0 Å². The molecule has 1 aromatic rings. The van der Waals surface area contributed by atoms with Crippen LogP contribution in [0, 0.1) is 6.92 Å². The lowest BCUT2D eigenvalue weighted by Gasteiger charge is -2.44. The van der Waals surface area contributed by atoms with Crippen LogP contribution in [0.3, 0.4) is 0 Å². The summed E-state index contributed by atoms with van der Waals surface area (Å²) in [5, 5.41) is 0.836. The van der Waals surface area contributed by atoms with Gasteiger partial charge in [0.05, 0.1) is 0 Å². The Balaban J connectivity index is 2.20. The fourth-order valence-electron chi connectivity index (χ4n) is 2.50. The molecule has 0 aromatic heterocycles. The van der Waals surface area contributed by atoms with E-state index in [9.17, 15) is 0 Å². The normalized spacial score (nSPS) is 25.5. The van der Waals surface area contributed by atoms with Crippen molar-refractivity contribution in [3.63, 3.8) is 0 Å². The maximum atomic E-state index is 6.21. The average molecular weight is 268 g/mol. The Morgan fingerprint density at radius 3 is 2.72 bits per heavy atom. The van der Waals surface area contributed by atoms with Gasteiger partial charge >= 0.3 is 0 Å². The zero-order valence-electron chi connectivity index (χ0n) is 11.4. The number of hydrogen-bond donors (Lipinski definition) is 1. The summed E-state index contributed by atoms with van der Waals surface area (Å²) in [4.78, 5) is 4.75. The van der Waals surface area contributed by atoms with Crippen molar-refractivity contribution in [2.24, 2.45) is 5.73 Å². The molecule has 2 rings (SSSR count). The van der Waals surface area contributed by atoms with Crippen molar-refractivity contribution in [2.75, 3.05) is 31.6 Å². The monoisotopic (exact) mass is 267 g/mol. The number of anilines is 1. The van der Waals surface area contributed by atoms with Crippen LogP contribution in [0.2, 0.25) is 5.02 Å². The molecular weight excluding hydrogens is 246 g/mol. The van der Waals surface area contributed by atoms with E-state index in [0.717, 1.165) is 23.7 Å². The SMILES string of the molecule is Cc1ccc(N2CC(C)N(C)C(CN)C2)cc1Cl. The zero-order chi connectivity index (χ0) is 13.3. The minimum Gasteiger partial charge on any atom is -0.368 e. The van der Waals surface area contributed by atoms with Gasteiger partial charge in [-0.2, -0.15) is 0 Å². The lowest BCUT2D eigenvalue weighted by molar-refractivity contribution is 0.162. The standard InChI is InChI=1S/C14H22ClN3/c1-10-4-5-12(6-14(10)15)18-8-11(2)17(3)13(7-16)9-18/h4-6,11,13H,7-9,16H2,1-3H3. The molecule has 3 nitrogen and oxygen atoms in total. The minimum atomic E-state index is 0.411. The maximum absolute atomic E-state index is 6.21. The van der Waals surface area contributed by atoms with Crippen LogP contribution in [0.1, 0.15) is 12.5 Å². The van der Waals surface area contributed by atoms with E-state index in [1.165, 1.54) is 5.69 Å². The fraction of sp³-hybridized carbons (Fsp3) is 0.571. The summed E-state index contributed by atoms with van der Waals surface area (Å²) in [6.45, 7) is 6.95. The van der Waals surface area contributed by atoms with Crippen LogP contribution in [0.4, 0.5) is 5.69 Å². The number of likely N-dealkylation sites (N-methyl/N-ethyl adjacent to an activating group) is 1. The first-order chi connectivity index (χ1) is 8.52. The Bertz CT molecular complexity index is 422. The minimum absolute atomic E-state index is 0.411. The van der Waals surface area contributed by atoms with Gasteiger partial charge in [0, 0.05) is 42.4 Å². The fourth-order valence-corrected chi connectivity index (χ4v) is 2.67. The third-order valence-corrected chi connectivity index (χ3v) is 4.39. The van der Waals surface area contributed by atoms with E-state index in [1.807, 2.05) is 6.92 Å². The number of halogens is 1. The first-order valence-corrected chi connectivity index (χ1v) is 6.83. The number of rotatable bonds is 2. The second kappa shape index (κ2) is 5.47. The van der Waals surface area contributed by atoms with Crippen molar-refractivity contribution in [2.45, 2.75) is 25.9 Å². The molecule has 0 spiro atoms. The second-order valence-corrected chi connectivity index (χ2v) is 5.65. The molecule has 0 bridgehead atoms. The number of piperazine rings is 1. The van der Waals surface area contributed by atoms with Crippen molar-refractivity contribution >= 4 is 17.3 Å². The molecule has 2 atom stereocenters. The molecule has 0 radical (unpaired) electrons. The van der Waals surface area contributed by atoms with Crippen LogP contribution in [0.15, 0.2) is 18.2 Å². The Kier molecular flexibility index (Phi) is 4.15. The summed E-state index contributed by atoms with van der Waals surface area (Å²) in [5.74, 6) is 0. The van der Waals surface area contributed by atoms with E-state index in [-0.39, 0.29) is 0 Å². The highest BCUT2D eigenvalue weighted by atomic mass is 35.5. The summed E-state index contributed by atoms with van der Waals surface area (Å²) in [6, 6.07) is 7.20. The van der Waals surface area contributed by atoms with Crippen LogP contribution in [0.25, 0.3) is 0 Å². The topological polar surface area (TPSA) is 32.5 Å². The van der Waals surface area contributed by atoms with Crippen molar-refractivity contribution in [3.05, 3.63) is 28.8 Å². The largest absolute Gasteiger partial charge is 0.368 e. The van der Waals surface area contributed by atoms with E-state index in [4.69, 9.17) is 17.3 Å². The predicted octanol–water partition coefficient (Wildman–Crippen LogP) is 2.12. The van der Waals surface area contributed by atoms with Gasteiger partial charge in [0.1, 0.15) is 0 Å². The molecular formula is C14H22ClN3. The van der Waals surface area contributed by atoms with Gasteiger partial charge in [0.25, 0.3) is 0 Å².